The molecule has 0 spiro atoms. The molecule has 25 heavy (non-hydrogen) atoms. The van der Waals surface area contributed by atoms with Crippen LogP contribution in [0, 0.1) is 0 Å². The van der Waals surface area contributed by atoms with Crippen LogP contribution in [0.25, 0.3) is 0 Å². The quantitative estimate of drug-likeness (QED) is 0.849. The zero-order valence-corrected chi connectivity index (χ0v) is 15.3. The maximum atomic E-state index is 12.9. The molecule has 0 bridgehead atoms. The second-order valence-corrected chi connectivity index (χ2v) is 7.03. The van der Waals surface area contributed by atoms with Crippen LogP contribution in [0.5, 0.6) is 0 Å². The number of likely N-dealkylation sites (tertiary alicyclic amines) is 1. The summed E-state index contributed by atoms with van der Waals surface area (Å²) in [5, 5.41) is 4.12. The van der Waals surface area contributed by atoms with E-state index in [1.807, 2.05) is 43.8 Å². The van der Waals surface area contributed by atoms with E-state index < -0.39 is 0 Å². The van der Waals surface area contributed by atoms with Crippen molar-refractivity contribution < 1.29 is 9.32 Å². The maximum absolute atomic E-state index is 12.9. The van der Waals surface area contributed by atoms with E-state index >= 15 is 0 Å². The molecular weight excluding hydrogens is 318 g/mol. The molecule has 3 heterocycles. The van der Waals surface area contributed by atoms with E-state index in [1.165, 1.54) is 0 Å². The zero-order chi connectivity index (χ0) is 18.0. The number of pyridine rings is 1. The smallest absolute Gasteiger partial charge is 0.254 e. The average Bonchev–Trinajstić information content (AvgIpc) is 3.12. The standard InChI is InChI=1S/C18H25N5O2/c1-12(2)17-20-16(21-25-17)14-6-5-9-23(11-14)18(24)13-7-8-19-15(10-13)22(3)4/h7-8,10,12,14H,5-6,9,11H2,1-4H3/t14-/m0/s1. The van der Waals surface area contributed by atoms with Gasteiger partial charge in [0, 0.05) is 50.8 Å². The van der Waals surface area contributed by atoms with Crippen molar-refractivity contribution in [2.24, 2.45) is 0 Å². The van der Waals surface area contributed by atoms with Gasteiger partial charge < -0.3 is 14.3 Å². The first-order valence-electron chi connectivity index (χ1n) is 8.72. The molecule has 0 aromatic carbocycles. The number of rotatable bonds is 4. The number of hydrogen-bond acceptors (Lipinski definition) is 6. The van der Waals surface area contributed by atoms with Crippen molar-refractivity contribution in [2.45, 2.75) is 38.5 Å². The molecule has 2 aromatic heterocycles. The van der Waals surface area contributed by atoms with Gasteiger partial charge in [0.25, 0.3) is 5.91 Å². The van der Waals surface area contributed by atoms with E-state index in [1.54, 1.807) is 12.3 Å². The number of piperidine rings is 1. The first-order valence-corrected chi connectivity index (χ1v) is 8.72. The summed E-state index contributed by atoms with van der Waals surface area (Å²) in [6.45, 7) is 5.43. The summed E-state index contributed by atoms with van der Waals surface area (Å²) in [6, 6.07) is 3.60. The fourth-order valence-corrected chi connectivity index (χ4v) is 3.00. The number of carbonyl (C=O) groups excluding carboxylic acids is 1. The topological polar surface area (TPSA) is 75.4 Å². The molecule has 0 N–H and O–H groups in total. The lowest BCUT2D eigenvalue weighted by Crippen LogP contribution is -2.39. The van der Waals surface area contributed by atoms with Crippen LogP contribution in [0.1, 0.15) is 60.6 Å². The minimum absolute atomic E-state index is 0.0303. The third-order valence-electron chi connectivity index (χ3n) is 4.48. The van der Waals surface area contributed by atoms with Crippen molar-refractivity contribution in [3.8, 4) is 0 Å². The van der Waals surface area contributed by atoms with Gasteiger partial charge in [-0.05, 0) is 25.0 Å². The molecule has 1 fully saturated rings. The van der Waals surface area contributed by atoms with E-state index in [9.17, 15) is 4.79 Å². The summed E-state index contributed by atoms with van der Waals surface area (Å²) in [5.41, 5.74) is 0.662. The van der Waals surface area contributed by atoms with Crippen molar-refractivity contribution in [3.63, 3.8) is 0 Å². The van der Waals surface area contributed by atoms with Crippen LogP contribution in [0.15, 0.2) is 22.9 Å². The molecule has 0 unspecified atom stereocenters. The van der Waals surface area contributed by atoms with E-state index in [2.05, 4.69) is 15.1 Å². The number of nitrogens with zero attached hydrogens (tertiary/aromatic N) is 5. The maximum Gasteiger partial charge on any atom is 0.254 e. The summed E-state index contributed by atoms with van der Waals surface area (Å²) in [4.78, 5) is 25.4. The van der Waals surface area contributed by atoms with Crippen LogP contribution < -0.4 is 4.90 Å². The minimum atomic E-state index is 0.0303. The van der Waals surface area contributed by atoms with Crippen LogP contribution in [-0.2, 0) is 0 Å². The Kier molecular flexibility index (Phi) is 5.01. The molecule has 0 radical (unpaired) electrons. The highest BCUT2D eigenvalue weighted by molar-refractivity contribution is 5.95. The van der Waals surface area contributed by atoms with Gasteiger partial charge >= 0.3 is 0 Å². The normalized spacial score (nSPS) is 17.8. The lowest BCUT2D eigenvalue weighted by molar-refractivity contribution is 0.0703. The van der Waals surface area contributed by atoms with E-state index in [-0.39, 0.29) is 17.7 Å². The van der Waals surface area contributed by atoms with Crippen LogP contribution in [0.4, 0.5) is 5.82 Å². The highest BCUT2D eigenvalue weighted by Crippen LogP contribution is 2.27. The molecule has 1 aliphatic rings. The number of hydrogen-bond donors (Lipinski definition) is 0. The summed E-state index contributed by atoms with van der Waals surface area (Å²) in [6.07, 6.45) is 3.59. The predicted molar refractivity (Wildman–Crippen MR) is 94.8 cm³/mol. The van der Waals surface area contributed by atoms with Crippen molar-refractivity contribution in [1.29, 1.82) is 0 Å². The monoisotopic (exact) mass is 343 g/mol. The van der Waals surface area contributed by atoms with Gasteiger partial charge in [-0.25, -0.2) is 4.98 Å². The van der Waals surface area contributed by atoms with Crippen molar-refractivity contribution >= 4 is 11.7 Å². The van der Waals surface area contributed by atoms with Crippen molar-refractivity contribution in [1.82, 2.24) is 20.0 Å². The molecule has 2 aromatic rings. The SMILES string of the molecule is CC(C)c1nc([C@H]2CCCN(C(=O)c3ccnc(N(C)C)c3)C2)no1. The van der Waals surface area contributed by atoms with Gasteiger partial charge in [-0.3, -0.25) is 4.79 Å². The highest BCUT2D eigenvalue weighted by atomic mass is 16.5. The van der Waals surface area contributed by atoms with E-state index in [4.69, 9.17) is 4.52 Å². The molecule has 0 aliphatic carbocycles. The molecule has 7 heteroatoms. The summed E-state index contributed by atoms with van der Waals surface area (Å²) in [5.74, 6) is 2.52. The van der Waals surface area contributed by atoms with Crippen LogP contribution in [-0.4, -0.2) is 53.1 Å². The molecule has 1 aliphatic heterocycles. The molecular formula is C18H25N5O2. The van der Waals surface area contributed by atoms with Gasteiger partial charge in [0.1, 0.15) is 5.82 Å². The fraction of sp³-hybridized carbons (Fsp3) is 0.556. The summed E-state index contributed by atoms with van der Waals surface area (Å²) < 4.78 is 5.32. The Hall–Kier alpha value is -2.44. The van der Waals surface area contributed by atoms with E-state index in [0.29, 0.717) is 23.8 Å². The number of carbonyl (C=O) groups is 1. The van der Waals surface area contributed by atoms with Gasteiger partial charge in [0.2, 0.25) is 5.89 Å². The molecule has 7 nitrogen and oxygen atoms in total. The summed E-state index contributed by atoms with van der Waals surface area (Å²) in [7, 11) is 3.83. The number of aromatic nitrogens is 3. The van der Waals surface area contributed by atoms with Gasteiger partial charge in [-0.1, -0.05) is 19.0 Å². The molecule has 0 saturated carbocycles. The molecule has 1 saturated heterocycles. The Bertz CT molecular complexity index is 741. The van der Waals surface area contributed by atoms with Gasteiger partial charge in [0.15, 0.2) is 5.82 Å². The highest BCUT2D eigenvalue weighted by Gasteiger charge is 2.29. The van der Waals surface area contributed by atoms with Crippen LogP contribution in [0.2, 0.25) is 0 Å². The first kappa shape index (κ1) is 17.4. The first-order chi connectivity index (χ1) is 12.0. The second-order valence-electron chi connectivity index (χ2n) is 7.03. The molecule has 134 valence electrons. The Balaban J connectivity index is 1.74. The predicted octanol–water partition coefficient (Wildman–Crippen LogP) is 2.67. The number of anilines is 1. The Morgan fingerprint density at radius 1 is 1.40 bits per heavy atom. The van der Waals surface area contributed by atoms with Gasteiger partial charge in [-0.15, -0.1) is 0 Å². The van der Waals surface area contributed by atoms with Crippen molar-refractivity contribution in [2.75, 3.05) is 32.1 Å². The van der Waals surface area contributed by atoms with Crippen LogP contribution >= 0.6 is 0 Å². The lowest BCUT2D eigenvalue weighted by atomic mass is 9.96. The van der Waals surface area contributed by atoms with Gasteiger partial charge in [-0.2, -0.15) is 4.98 Å². The fourth-order valence-electron chi connectivity index (χ4n) is 3.00. The third-order valence-corrected chi connectivity index (χ3v) is 4.48. The molecule has 1 atom stereocenters. The second kappa shape index (κ2) is 7.21. The molecule has 3 rings (SSSR count). The summed E-state index contributed by atoms with van der Waals surface area (Å²) >= 11 is 0. The Labute approximate surface area is 148 Å². The van der Waals surface area contributed by atoms with Crippen molar-refractivity contribution in [3.05, 3.63) is 35.6 Å². The third kappa shape index (κ3) is 3.81. The minimum Gasteiger partial charge on any atom is -0.363 e. The average molecular weight is 343 g/mol. The Morgan fingerprint density at radius 2 is 2.20 bits per heavy atom. The van der Waals surface area contributed by atoms with Gasteiger partial charge in [0.05, 0.1) is 0 Å². The number of amides is 1. The largest absolute Gasteiger partial charge is 0.363 e. The van der Waals surface area contributed by atoms with Crippen LogP contribution in [0.3, 0.4) is 0 Å². The lowest BCUT2D eigenvalue weighted by Gasteiger charge is -2.31. The zero-order valence-electron chi connectivity index (χ0n) is 15.3. The Morgan fingerprint density at radius 3 is 2.88 bits per heavy atom. The molecule has 1 amide bonds. The van der Waals surface area contributed by atoms with E-state index in [0.717, 1.165) is 25.2 Å².